The van der Waals surface area contributed by atoms with Crippen LogP contribution in [0.2, 0.25) is 0 Å². The molecule has 0 aromatic heterocycles. The topological polar surface area (TPSA) is 70.0 Å². The van der Waals surface area contributed by atoms with Crippen LogP contribution in [0.1, 0.15) is 45.4 Å². The molecule has 3 aliphatic carbocycles. The molecule has 2 bridgehead atoms. The first-order valence-corrected chi connectivity index (χ1v) is 10.4. The molecule has 0 amide bonds. The summed E-state index contributed by atoms with van der Waals surface area (Å²) in [4.78, 5) is 15.4. The molecule has 1 unspecified atom stereocenters. The highest BCUT2D eigenvalue weighted by Gasteiger charge is 2.67. The lowest BCUT2D eigenvalue weighted by atomic mass is 9.51. The average Bonchev–Trinajstić information content (AvgIpc) is 3.02. The van der Waals surface area contributed by atoms with E-state index in [2.05, 4.69) is 24.1 Å². The normalized spacial score (nSPS) is 44.7. The van der Waals surface area contributed by atoms with Crippen molar-refractivity contribution in [2.75, 3.05) is 13.6 Å². The van der Waals surface area contributed by atoms with Crippen molar-refractivity contribution >= 4 is 5.78 Å². The van der Waals surface area contributed by atoms with E-state index in [9.17, 15) is 15.0 Å². The van der Waals surface area contributed by atoms with E-state index < -0.39 is 17.8 Å². The maximum atomic E-state index is 13.0. The largest absolute Gasteiger partial charge is 0.487 e. The molecular formula is C22H29NO4. The Balaban J connectivity index is 1.65. The molecule has 27 heavy (non-hydrogen) atoms. The number of ketones is 1. The van der Waals surface area contributed by atoms with Crippen molar-refractivity contribution in [1.82, 2.24) is 4.90 Å². The monoisotopic (exact) mass is 371 g/mol. The lowest BCUT2D eigenvalue weighted by Gasteiger charge is -2.58. The fourth-order valence-corrected chi connectivity index (χ4v) is 6.28. The number of likely N-dealkylation sites (tertiary alicyclic amines) is 1. The van der Waals surface area contributed by atoms with Crippen LogP contribution in [0.5, 0.6) is 0 Å². The Morgan fingerprint density at radius 3 is 3.00 bits per heavy atom. The maximum absolute atomic E-state index is 13.0. The van der Waals surface area contributed by atoms with Crippen LogP contribution in [-0.2, 0) is 9.53 Å². The van der Waals surface area contributed by atoms with Crippen LogP contribution in [0.25, 0.3) is 0 Å². The van der Waals surface area contributed by atoms with E-state index in [0.717, 1.165) is 37.8 Å². The highest BCUT2D eigenvalue weighted by atomic mass is 16.5. The summed E-state index contributed by atoms with van der Waals surface area (Å²) in [7, 11) is 2.17. The summed E-state index contributed by atoms with van der Waals surface area (Å²) >= 11 is 0. The van der Waals surface area contributed by atoms with Crippen molar-refractivity contribution in [3.63, 3.8) is 0 Å². The Hall–Kier alpha value is -1.43. The van der Waals surface area contributed by atoms with Crippen LogP contribution in [0.4, 0.5) is 0 Å². The Labute approximate surface area is 160 Å². The molecule has 2 fully saturated rings. The Kier molecular flexibility index (Phi) is 3.78. The molecule has 5 aliphatic rings. The predicted molar refractivity (Wildman–Crippen MR) is 101 cm³/mol. The van der Waals surface area contributed by atoms with Crippen molar-refractivity contribution in [2.45, 2.75) is 69.3 Å². The minimum atomic E-state index is -1.57. The third-order valence-corrected chi connectivity index (χ3v) is 7.71. The van der Waals surface area contributed by atoms with Gasteiger partial charge in [0.05, 0.1) is 0 Å². The van der Waals surface area contributed by atoms with Crippen molar-refractivity contribution in [3.05, 3.63) is 35.1 Å². The van der Waals surface area contributed by atoms with Gasteiger partial charge >= 0.3 is 0 Å². The number of hydrogen-bond acceptors (Lipinski definition) is 5. The number of hydrogen-bond donors (Lipinski definition) is 2. The van der Waals surface area contributed by atoms with E-state index in [-0.39, 0.29) is 23.5 Å². The summed E-state index contributed by atoms with van der Waals surface area (Å²) in [5, 5.41) is 22.2. The van der Waals surface area contributed by atoms with Gasteiger partial charge in [-0.25, -0.2) is 0 Å². The van der Waals surface area contributed by atoms with Gasteiger partial charge in [0, 0.05) is 35.8 Å². The summed E-state index contributed by atoms with van der Waals surface area (Å²) < 4.78 is 6.34. The lowest BCUT2D eigenvalue weighted by molar-refractivity contribution is -0.141. The number of aliphatic hydroxyl groups is 2. The Morgan fingerprint density at radius 1 is 1.41 bits per heavy atom. The standard InChI is InChI=1S/C22H29NO4/c1-3-4-5-17(25)22(26)9-8-13-12-15-14-6-7-16(24)19-21(14,10-11-23(15)2)18(13)20(22)27-19/h6-8,14-16,19,24,26H,3-5,9-12H2,1-2H3/t14-,15+,16-,19-,21-,22?/m0/s1. The first-order chi connectivity index (χ1) is 12.9. The summed E-state index contributed by atoms with van der Waals surface area (Å²) in [6.45, 7) is 2.98. The van der Waals surface area contributed by atoms with Gasteiger partial charge in [0.1, 0.15) is 18.0 Å². The maximum Gasteiger partial charge on any atom is 0.183 e. The third-order valence-electron chi connectivity index (χ3n) is 7.71. The minimum absolute atomic E-state index is 0.147. The van der Waals surface area contributed by atoms with Crippen molar-refractivity contribution in [1.29, 1.82) is 0 Å². The molecular weight excluding hydrogens is 342 g/mol. The number of carbonyl (C=O) groups is 1. The first-order valence-electron chi connectivity index (χ1n) is 10.4. The fraction of sp³-hybridized carbons (Fsp3) is 0.682. The zero-order valence-electron chi connectivity index (χ0n) is 16.1. The molecule has 1 saturated heterocycles. The molecule has 5 rings (SSSR count). The second-order valence-corrected chi connectivity index (χ2v) is 9.01. The van der Waals surface area contributed by atoms with Gasteiger partial charge < -0.3 is 19.8 Å². The number of piperidine rings is 1. The Morgan fingerprint density at radius 2 is 2.22 bits per heavy atom. The summed E-state index contributed by atoms with van der Waals surface area (Å²) in [6.07, 6.45) is 9.12. The lowest BCUT2D eigenvalue weighted by Crippen LogP contribution is -2.62. The molecule has 2 aliphatic heterocycles. The predicted octanol–water partition coefficient (Wildman–Crippen LogP) is 2.10. The minimum Gasteiger partial charge on any atom is -0.487 e. The van der Waals surface area contributed by atoms with Gasteiger partial charge in [0.15, 0.2) is 11.4 Å². The molecule has 146 valence electrons. The highest BCUT2D eigenvalue weighted by Crippen LogP contribution is 2.65. The van der Waals surface area contributed by atoms with Crippen LogP contribution >= 0.6 is 0 Å². The van der Waals surface area contributed by atoms with Crippen LogP contribution in [-0.4, -0.2) is 58.3 Å². The van der Waals surface area contributed by atoms with E-state index in [4.69, 9.17) is 4.74 Å². The second kappa shape index (κ2) is 5.79. The first kappa shape index (κ1) is 17.7. The molecule has 0 aromatic carbocycles. The molecule has 5 heteroatoms. The molecule has 5 nitrogen and oxygen atoms in total. The number of unbranched alkanes of at least 4 members (excludes halogenated alkanes) is 1. The number of carbonyl (C=O) groups excluding carboxylic acids is 1. The van der Waals surface area contributed by atoms with Gasteiger partial charge in [-0.2, -0.15) is 0 Å². The zero-order chi connectivity index (χ0) is 19.0. The van der Waals surface area contributed by atoms with Gasteiger partial charge in [0.2, 0.25) is 0 Å². The highest BCUT2D eigenvalue weighted by molar-refractivity contribution is 5.91. The van der Waals surface area contributed by atoms with Crippen LogP contribution in [0, 0.1) is 11.3 Å². The number of aliphatic hydroxyl groups excluding tert-OH is 1. The quantitative estimate of drug-likeness (QED) is 0.741. The number of rotatable bonds is 4. The molecule has 2 heterocycles. The van der Waals surface area contributed by atoms with Gasteiger partial charge in [-0.3, -0.25) is 4.79 Å². The SMILES string of the molecule is CCCCC(=O)C1(O)CC=C2C[C@@H]3[C@@H]4C=C[C@H](O)[C@@H]5OC1=C2[C@]45CCN3C. The number of nitrogens with zero attached hydrogens (tertiary/aromatic N) is 1. The van der Waals surface area contributed by atoms with Crippen molar-refractivity contribution in [3.8, 4) is 0 Å². The second-order valence-electron chi connectivity index (χ2n) is 9.01. The van der Waals surface area contributed by atoms with E-state index in [1.807, 2.05) is 13.0 Å². The van der Waals surface area contributed by atoms with Crippen LogP contribution in [0.3, 0.4) is 0 Å². The van der Waals surface area contributed by atoms with Gasteiger partial charge in [-0.1, -0.05) is 31.6 Å². The molecule has 1 saturated carbocycles. The molecule has 2 N–H and O–H groups in total. The fourth-order valence-electron chi connectivity index (χ4n) is 6.28. The molecule has 6 atom stereocenters. The van der Waals surface area contributed by atoms with Gasteiger partial charge in [0.25, 0.3) is 0 Å². The van der Waals surface area contributed by atoms with E-state index in [1.54, 1.807) is 0 Å². The van der Waals surface area contributed by atoms with Crippen molar-refractivity contribution < 1.29 is 19.7 Å². The van der Waals surface area contributed by atoms with Gasteiger partial charge in [-0.05, 0) is 38.4 Å². The van der Waals surface area contributed by atoms with Crippen LogP contribution < -0.4 is 0 Å². The van der Waals surface area contributed by atoms with E-state index in [0.29, 0.717) is 18.2 Å². The molecule has 0 aromatic rings. The molecule has 1 spiro atoms. The smallest absolute Gasteiger partial charge is 0.183 e. The third kappa shape index (κ3) is 2.08. The average molecular weight is 371 g/mol. The van der Waals surface area contributed by atoms with Crippen LogP contribution in [0.15, 0.2) is 35.1 Å². The summed E-state index contributed by atoms with van der Waals surface area (Å²) in [5.74, 6) is 0.565. The van der Waals surface area contributed by atoms with E-state index >= 15 is 0 Å². The zero-order valence-corrected chi connectivity index (χ0v) is 16.1. The number of ether oxygens (including phenoxy) is 1. The van der Waals surface area contributed by atoms with Crippen molar-refractivity contribution in [2.24, 2.45) is 11.3 Å². The van der Waals surface area contributed by atoms with E-state index in [1.165, 1.54) is 5.57 Å². The Bertz CT molecular complexity index is 783. The number of Topliss-reactive ketones (excluding diaryl/α,β-unsaturated/α-hetero) is 1. The molecule has 0 radical (unpaired) electrons. The van der Waals surface area contributed by atoms with Gasteiger partial charge in [-0.15, -0.1) is 0 Å². The summed E-state index contributed by atoms with van der Waals surface area (Å²) in [5.41, 5.74) is 0.379. The summed E-state index contributed by atoms with van der Waals surface area (Å²) in [6, 6.07) is 0.380.